The Morgan fingerprint density at radius 1 is 1.75 bits per heavy atom. The van der Waals surface area contributed by atoms with Crippen LogP contribution in [0.2, 0.25) is 0 Å². The summed E-state index contributed by atoms with van der Waals surface area (Å²) in [5.74, 6) is -0.664. The van der Waals surface area contributed by atoms with Crippen molar-refractivity contribution in [2.75, 3.05) is 6.54 Å². The second-order valence-electron chi connectivity index (χ2n) is 2.11. The minimum Gasteiger partial charge on any atom is -0.477 e. The van der Waals surface area contributed by atoms with Gasteiger partial charge in [-0.2, -0.15) is 0 Å². The SMILES string of the molecule is O=C(O)[C@H]1CCC[NH2+]1. The molecule has 0 aromatic rings. The van der Waals surface area contributed by atoms with Crippen LogP contribution in [-0.2, 0) is 4.79 Å². The first-order chi connectivity index (χ1) is 3.80. The van der Waals surface area contributed by atoms with Crippen LogP contribution in [0.15, 0.2) is 0 Å². The number of carbonyl (C=O) groups is 1. The molecule has 3 heteroatoms. The van der Waals surface area contributed by atoms with Crippen LogP contribution in [0.1, 0.15) is 12.8 Å². The number of carboxylic acid groups (broad SMARTS) is 1. The first-order valence-corrected chi connectivity index (χ1v) is 2.87. The summed E-state index contributed by atoms with van der Waals surface area (Å²) in [4.78, 5) is 10.2. The predicted octanol–water partition coefficient (Wildman–Crippen LogP) is -1.20. The molecule has 0 saturated carbocycles. The quantitative estimate of drug-likeness (QED) is 0.452. The highest BCUT2D eigenvalue weighted by Crippen LogP contribution is 1.95. The Morgan fingerprint density at radius 3 is 2.75 bits per heavy atom. The van der Waals surface area contributed by atoms with Gasteiger partial charge in [0.2, 0.25) is 0 Å². The van der Waals surface area contributed by atoms with Crippen LogP contribution in [0.3, 0.4) is 0 Å². The van der Waals surface area contributed by atoms with Gasteiger partial charge < -0.3 is 10.4 Å². The zero-order valence-electron chi connectivity index (χ0n) is 4.63. The predicted molar refractivity (Wildman–Crippen MR) is 27.5 cm³/mol. The molecule has 0 unspecified atom stereocenters. The van der Waals surface area contributed by atoms with Gasteiger partial charge in [0.1, 0.15) is 0 Å². The van der Waals surface area contributed by atoms with Gasteiger partial charge in [-0.3, -0.25) is 0 Å². The van der Waals surface area contributed by atoms with Crippen molar-refractivity contribution in [2.45, 2.75) is 18.9 Å². The van der Waals surface area contributed by atoms with Gasteiger partial charge in [0, 0.05) is 12.8 Å². The molecule has 3 nitrogen and oxygen atoms in total. The molecular weight excluding hydrogens is 106 g/mol. The number of quaternary nitrogens is 1. The van der Waals surface area contributed by atoms with E-state index in [4.69, 9.17) is 5.11 Å². The van der Waals surface area contributed by atoms with E-state index in [1.54, 1.807) is 0 Å². The number of hydrogen-bond acceptors (Lipinski definition) is 1. The van der Waals surface area contributed by atoms with Gasteiger partial charge in [0.15, 0.2) is 6.04 Å². The summed E-state index contributed by atoms with van der Waals surface area (Å²) in [5.41, 5.74) is 0. The molecule has 0 aromatic carbocycles. The third-order valence-electron chi connectivity index (χ3n) is 1.49. The highest BCUT2D eigenvalue weighted by atomic mass is 16.4. The van der Waals surface area contributed by atoms with Gasteiger partial charge in [0.05, 0.1) is 6.54 Å². The molecule has 0 amide bonds. The van der Waals surface area contributed by atoms with Crippen molar-refractivity contribution in [3.05, 3.63) is 0 Å². The molecule has 1 heterocycles. The number of aliphatic carboxylic acids is 1. The van der Waals surface area contributed by atoms with E-state index in [0.717, 1.165) is 19.4 Å². The molecule has 0 bridgehead atoms. The average Bonchev–Trinajstić information content (AvgIpc) is 2.12. The highest BCUT2D eigenvalue weighted by molar-refractivity contribution is 5.71. The first kappa shape index (κ1) is 5.56. The van der Waals surface area contributed by atoms with E-state index in [0.29, 0.717) is 0 Å². The monoisotopic (exact) mass is 116 g/mol. The zero-order valence-corrected chi connectivity index (χ0v) is 4.63. The van der Waals surface area contributed by atoms with Gasteiger partial charge in [-0.15, -0.1) is 0 Å². The Labute approximate surface area is 47.7 Å². The zero-order chi connectivity index (χ0) is 5.98. The van der Waals surface area contributed by atoms with E-state index in [1.807, 2.05) is 5.32 Å². The molecule has 8 heavy (non-hydrogen) atoms. The van der Waals surface area contributed by atoms with E-state index < -0.39 is 5.97 Å². The molecule has 0 spiro atoms. The fourth-order valence-corrected chi connectivity index (χ4v) is 0.999. The van der Waals surface area contributed by atoms with Crippen molar-refractivity contribution < 1.29 is 15.2 Å². The second kappa shape index (κ2) is 2.13. The van der Waals surface area contributed by atoms with Crippen LogP contribution in [0.4, 0.5) is 0 Å². The maximum absolute atomic E-state index is 10.2. The van der Waals surface area contributed by atoms with E-state index >= 15 is 0 Å². The second-order valence-corrected chi connectivity index (χ2v) is 2.11. The smallest absolute Gasteiger partial charge is 0.362 e. The molecule has 46 valence electrons. The Morgan fingerprint density at radius 2 is 2.50 bits per heavy atom. The minimum atomic E-state index is -0.664. The molecule has 1 aliphatic rings. The number of hydrogen-bond donors (Lipinski definition) is 2. The lowest BCUT2D eigenvalue weighted by molar-refractivity contribution is -0.658. The van der Waals surface area contributed by atoms with Gasteiger partial charge in [0.25, 0.3) is 0 Å². The molecule has 0 aliphatic carbocycles. The summed E-state index contributed by atoms with van der Waals surface area (Å²) < 4.78 is 0. The first-order valence-electron chi connectivity index (χ1n) is 2.87. The molecule has 0 radical (unpaired) electrons. The van der Waals surface area contributed by atoms with Gasteiger partial charge in [-0.25, -0.2) is 4.79 Å². The molecule has 1 rings (SSSR count). The third-order valence-corrected chi connectivity index (χ3v) is 1.49. The summed E-state index contributed by atoms with van der Waals surface area (Å²) in [6, 6.07) is -0.144. The minimum absolute atomic E-state index is 0.144. The van der Waals surface area contributed by atoms with Crippen molar-refractivity contribution in [1.82, 2.24) is 0 Å². The Bertz CT molecular complexity index is 96.6. The Hall–Kier alpha value is -0.570. The summed E-state index contributed by atoms with van der Waals surface area (Å²) >= 11 is 0. The van der Waals surface area contributed by atoms with Gasteiger partial charge in [-0.1, -0.05) is 0 Å². The molecule has 1 aliphatic heterocycles. The van der Waals surface area contributed by atoms with Crippen molar-refractivity contribution in [3.63, 3.8) is 0 Å². The van der Waals surface area contributed by atoms with Crippen molar-refractivity contribution >= 4 is 5.97 Å². The molecule has 1 atom stereocenters. The maximum Gasteiger partial charge on any atom is 0.362 e. The lowest BCUT2D eigenvalue weighted by Crippen LogP contribution is -2.88. The fourth-order valence-electron chi connectivity index (χ4n) is 0.999. The molecule has 1 saturated heterocycles. The van der Waals surface area contributed by atoms with Crippen LogP contribution in [0.5, 0.6) is 0 Å². The van der Waals surface area contributed by atoms with Crippen molar-refractivity contribution in [1.29, 1.82) is 0 Å². The Balaban J connectivity index is 2.35. The van der Waals surface area contributed by atoms with Crippen LogP contribution < -0.4 is 5.32 Å². The van der Waals surface area contributed by atoms with E-state index in [-0.39, 0.29) is 6.04 Å². The summed E-state index contributed by atoms with van der Waals surface area (Å²) in [7, 11) is 0. The lowest BCUT2D eigenvalue weighted by Gasteiger charge is -1.96. The molecular formula is C5H10NO2+. The van der Waals surface area contributed by atoms with Crippen molar-refractivity contribution in [3.8, 4) is 0 Å². The van der Waals surface area contributed by atoms with Crippen LogP contribution in [0, 0.1) is 0 Å². The van der Waals surface area contributed by atoms with Gasteiger partial charge in [-0.05, 0) is 0 Å². The summed E-state index contributed by atoms with van der Waals surface area (Å²) in [5, 5.41) is 10.3. The third kappa shape index (κ3) is 0.980. The number of nitrogens with two attached hydrogens (primary N) is 1. The van der Waals surface area contributed by atoms with Crippen LogP contribution in [0.25, 0.3) is 0 Å². The van der Waals surface area contributed by atoms with E-state index in [2.05, 4.69) is 0 Å². The number of carboxylic acids is 1. The van der Waals surface area contributed by atoms with Crippen LogP contribution in [-0.4, -0.2) is 23.7 Å². The summed E-state index contributed by atoms with van der Waals surface area (Å²) in [6.45, 7) is 0.983. The average molecular weight is 116 g/mol. The maximum atomic E-state index is 10.2. The highest BCUT2D eigenvalue weighted by Gasteiger charge is 2.24. The molecule has 0 aromatic heterocycles. The van der Waals surface area contributed by atoms with E-state index in [1.165, 1.54) is 0 Å². The standard InChI is InChI=1S/C5H9NO2/c7-5(8)4-2-1-3-6-4/h4,6H,1-3H2,(H,7,8)/p+1/t4-/m1/s1. The number of rotatable bonds is 1. The lowest BCUT2D eigenvalue weighted by atomic mass is 10.2. The topological polar surface area (TPSA) is 53.9 Å². The summed E-state index contributed by atoms with van der Waals surface area (Å²) in [6.07, 6.45) is 1.90. The van der Waals surface area contributed by atoms with Crippen molar-refractivity contribution in [2.24, 2.45) is 0 Å². The van der Waals surface area contributed by atoms with Gasteiger partial charge >= 0.3 is 5.97 Å². The fraction of sp³-hybridized carbons (Fsp3) is 0.800. The molecule has 3 N–H and O–H groups in total. The van der Waals surface area contributed by atoms with E-state index in [9.17, 15) is 4.79 Å². The normalized spacial score (nSPS) is 28.2. The largest absolute Gasteiger partial charge is 0.477 e. The Kier molecular flexibility index (Phi) is 1.48. The van der Waals surface area contributed by atoms with Crippen LogP contribution >= 0.6 is 0 Å². The molecule has 1 fully saturated rings.